The van der Waals surface area contributed by atoms with Gasteiger partial charge in [-0.25, -0.2) is 9.98 Å². The molecule has 0 N–H and O–H groups in total. The Bertz CT molecular complexity index is 756. The molecule has 112 valence electrons. The molecule has 0 atom stereocenters. The van der Waals surface area contributed by atoms with Crippen molar-refractivity contribution in [3.63, 3.8) is 0 Å². The number of nitrogens with zero attached hydrogens (tertiary/aromatic N) is 3. The highest BCUT2D eigenvalue weighted by atomic mass is 35.5. The number of pyridine rings is 1. The van der Waals surface area contributed by atoms with Gasteiger partial charge in [-0.15, -0.1) is 0 Å². The number of furan rings is 1. The van der Waals surface area contributed by atoms with Crippen LogP contribution >= 0.6 is 23.4 Å². The van der Waals surface area contributed by atoms with Crippen LogP contribution in [0.4, 0.5) is 5.69 Å². The van der Waals surface area contributed by atoms with Gasteiger partial charge < -0.3 is 4.42 Å². The summed E-state index contributed by atoms with van der Waals surface area (Å²) in [6, 6.07) is 7.08. The fourth-order valence-electron chi connectivity index (χ4n) is 1.94. The molecule has 1 aliphatic rings. The standard InChI is InChI=1S/C15H12ClN3O2S/c1-2-19-14(20)12(9-10-5-4-8-21-10)22-15(19)18-11-6-3-7-17-13(11)16/h3-9H,2H2,1H3/b12-9+,18-15?. The number of amidine groups is 1. The summed E-state index contributed by atoms with van der Waals surface area (Å²) in [6.45, 7) is 2.42. The van der Waals surface area contributed by atoms with Crippen LogP contribution in [0.3, 0.4) is 0 Å². The Morgan fingerprint density at radius 3 is 3.00 bits per heavy atom. The molecule has 2 aromatic rings. The topological polar surface area (TPSA) is 58.7 Å². The van der Waals surface area contributed by atoms with E-state index >= 15 is 0 Å². The Balaban J connectivity index is 1.95. The van der Waals surface area contributed by atoms with Crippen molar-refractivity contribution in [2.24, 2.45) is 4.99 Å². The van der Waals surface area contributed by atoms with Crippen LogP contribution in [-0.2, 0) is 4.79 Å². The summed E-state index contributed by atoms with van der Waals surface area (Å²) in [5, 5.41) is 0.891. The first-order chi connectivity index (χ1) is 10.7. The van der Waals surface area contributed by atoms with Crippen molar-refractivity contribution in [1.82, 2.24) is 9.88 Å². The molecule has 5 nitrogen and oxygen atoms in total. The third kappa shape index (κ3) is 2.93. The van der Waals surface area contributed by atoms with E-state index in [1.165, 1.54) is 11.8 Å². The number of hydrogen-bond acceptors (Lipinski definition) is 5. The average Bonchev–Trinajstić information content (AvgIpc) is 3.11. The molecule has 0 unspecified atom stereocenters. The lowest BCUT2D eigenvalue weighted by Crippen LogP contribution is -2.28. The lowest BCUT2D eigenvalue weighted by atomic mass is 10.3. The Morgan fingerprint density at radius 2 is 2.32 bits per heavy atom. The van der Waals surface area contributed by atoms with Gasteiger partial charge in [0.2, 0.25) is 0 Å². The van der Waals surface area contributed by atoms with Gasteiger partial charge in [-0.2, -0.15) is 0 Å². The molecule has 22 heavy (non-hydrogen) atoms. The van der Waals surface area contributed by atoms with Gasteiger partial charge in [-0.1, -0.05) is 11.6 Å². The van der Waals surface area contributed by atoms with Crippen molar-refractivity contribution in [1.29, 1.82) is 0 Å². The van der Waals surface area contributed by atoms with Crippen LogP contribution < -0.4 is 0 Å². The molecule has 3 rings (SSSR count). The summed E-state index contributed by atoms with van der Waals surface area (Å²) in [6.07, 6.45) is 4.88. The van der Waals surface area contributed by atoms with Gasteiger partial charge in [0.15, 0.2) is 10.3 Å². The maximum absolute atomic E-state index is 12.4. The highest BCUT2D eigenvalue weighted by Crippen LogP contribution is 2.35. The summed E-state index contributed by atoms with van der Waals surface area (Å²) in [4.78, 5) is 23.0. The van der Waals surface area contributed by atoms with E-state index in [4.69, 9.17) is 16.0 Å². The minimum Gasteiger partial charge on any atom is -0.465 e. The second kappa shape index (κ2) is 6.37. The number of aromatic nitrogens is 1. The van der Waals surface area contributed by atoms with Gasteiger partial charge >= 0.3 is 0 Å². The van der Waals surface area contributed by atoms with E-state index in [1.807, 2.05) is 6.92 Å². The predicted octanol–water partition coefficient (Wildman–Crippen LogP) is 3.95. The van der Waals surface area contributed by atoms with E-state index in [0.717, 1.165) is 0 Å². The van der Waals surface area contributed by atoms with E-state index in [1.54, 1.807) is 47.7 Å². The molecular formula is C15H12ClN3O2S. The van der Waals surface area contributed by atoms with E-state index in [2.05, 4.69) is 9.98 Å². The van der Waals surface area contributed by atoms with Crippen LogP contribution in [0, 0.1) is 0 Å². The number of amides is 1. The second-order valence-electron chi connectivity index (χ2n) is 4.38. The number of thioether (sulfide) groups is 1. The number of aliphatic imine (C=N–C) groups is 1. The van der Waals surface area contributed by atoms with Crippen LogP contribution in [0.1, 0.15) is 12.7 Å². The Morgan fingerprint density at radius 1 is 1.45 bits per heavy atom. The highest BCUT2D eigenvalue weighted by molar-refractivity contribution is 8.18. The second-order valence-corrected chi connectivity index (χ2v) is 5.75. The number of rotatable bonds is 3. The molecule has 0 radical (unpaired) electrons. The van der Waals surface area contributed by atoms with Crippen molar-refractivity contribution < 1.29 is 9.21 Å². The van der Waals surface area contributed by atoms with Gasteiger partial charge in [-0.05, 0) is 43.0 Å². The lowest BCUT2D eigenvalue weighted by molar-refractivity contribution is -0.122. The summed E-state index contributed by atoms with van der Waals surface area (Å²) in [7, 11) is 0. The molecule has 0 saturated carbocycles. The van der Waals surface area contributed by atoms with Crippen molar-refractivity contribution in [2.45, 2.75) is 6.92 Å². The summed E-state index contributed by atoms with van der Waals surface area (Å²) in [5.74, 6) is 0.537. The normalized spacial score (nSPS) is 18.6. The first kappa shape index (κ1) is 14.9. The molecule has 7 heteroatoms. The lowest BCUT2D eigenvalue weighted by Gasteiger charge is -2.12. The van der Waals surface area contributed by atoms with E-state index in [-0.39, 0.29) is 5.91 Å². The third-order valence-electron chi connectivity index (χ3n) is 2.98. The molecule has 1 amide bonds. The number of hydrogen-bond donors (Lipinski definition) is 0. The van der Waals surface area contributed by atoms with Crippen molar-refractivity contribution in [3.8, 4) is 0 Å². The summed E-state index contributed by atoms with van der Waals surface area (Å²) in [5.41, 5.74) is 0.539. The Hall–Kier alpha value is -2.05. The fraction of sp³-hybridized carbons (Fsp3) is 0.133. The van der Waals surface area contributed by atoms with Crippen molar-refractivity contribution in [2.75, 3.05) is 6.54 Å². The zero-order valence-corrected chi connectivity index (χ0v) is 13.3. The number of likely N-dealkylation sites (N-methyl/N-ethyl adjacent to an activating group) is 1. The summed E-state index contributed by atoms with van der Waals surface area (Å²) < 4.78 is 5.25. The van der Waals surface area contributed by atoms with Gasteiger partial charge in [0.05, 0.1) is 11.2 Å². The van der Waals surface area contributed by atoms with Crippen LogP contribution in [0.5, 0.6) is 0 Å². The molecule has 3 heterocycles. The quantitative estimate of drug-likeness (QED) is 0.630. The Kier molecular flexibility index (Phi) is 4.31. The predicted molar refractivity (Wildman–Crippen MR) is 88.0 cm³/mol. The number of halogens is 1. The van der Waals surface area contributed by atoms with Crippen LogP contribution in [-0.4, -0.2) is 27.5 Å². The number of carbonyl (C=O) groups is 1. The molecule has 0 spiro atoms. The zero-order valence-electron chi connectivity index (χ0n) is 11.7. The molecule has 1 fully saturated rings. The zero-order chi connectivity index (χ0) is 15.5. The smallest absolute Gasteiger partial charge is 0.266 e. The first-order valence-corrected chi connectivity index (χ1v) is 7.82. The van der Waals surface area contributed by atoms with Gasteiger partial charge in [-0.3, -0.25) is 9.69 Å². The van der Waals surface area contributed by atoms with Crippen LogP contribution in [0.25, 0.3) is 6.08 Å². The van der Waals surface area contributed by atoms with Gasteiger partial charge in [0.25, 0.3) is 5.91 Å². The van der Waals surface area contributed by atoms with Gasteiger partial charge in [0.1, 0.15) is 11.4 Å². The van der Waals surface area contributed by atoms with Gasteiger partial charge in [0, 0.05) is 18.8 Å². The number of carbonyl (C=O) groups excluding carboxylic acids is 1. The molecule has 1 aliphatic heterocycles. The molecule has 0 aliphatic carbocycles. The minimum atomic E-state index is -0.0948. The van der Waals surface area contributed by atoms with Crippen LogP contribution in [0.15, 0.2) is 51.0 Å². The maximum atomic E-state index is 12.4. The average molecular weight is 334 g/mol. The first-order valence-electron chi connectivity index (χ1n) is 6.63. The maximum Gasteiger partial charge on any atom is 0.266 e. The molecule has 1 saturated heterocycles. The van der Waals surface area contributed by atoms with E-state index < -0.39 is 0 Å². The van der Waals surface area contributed by atoms with Crippen molar-refractivity contribution in [3.05, 3.63) is 52.5 Å². The fourth-order valence-corrected chi connectivity index (χ4v) is 3.13. The SMILES string of the molecule is CCN1C(=O)/C(=C\c2ccco2)SC1=Nc1cccnc1Cl. The molecule has 2 aromatic heterocycles. The minimum absolute atomic E-state index is 0.0948. The molecular weight excluding hydrogens is 322 g/mol. The van der Waals surface area contributed by atoms with Crippen LogP contribution in [0.2, 0.25) is 5.15 Å². The molecule has 0 aromatic carbocycles. The monoisotopic (exact) mass is 333 g/mol. The highest BCUT2D eigenvalue weighted by Gasteiger charge is 2.32. The summed E-state index contributed by atoms with van der Waals surface area (Å²) >= 11 is 7.32. The van der Waals surface area contributed by atoms with E-state index in [9.17, 15) is 4.79 Å². The van der Waals surface area contributed by atoms with Crippen molar-refractivity contribution >= 4 is 46.2 Å². The van der Waals surface area contributed by atoms with E-state index in [0.29, 0.717) is 33.2 Å². The largest absolute Gasteiger partial charge is 0.465 e. The Labute approximate surface area is 136 Å². The third-order valence-corrected chi connectivity index (χ3v) is 4.27. The molecule has 0 bridgehead atoms.